The average Bonchev–Trinajstić information content (AvgIpc) is 3.58. The molecule has 9 rings (SSSR count). The molecule has 47 heavy (non-hydrogen) atoms. The van der Waals surface area contributed by atoms with E-state index in [1.165, 1.54) is 39.0 Å². The summed E-state index contributed by atoms with van der Waals surface area (Å²) in [7, 11) is 4.44. The summed E-state index contributed by atoms with van der Waals surface area (Å²) in [6.45, 7) is 17.0. The van der Waals surface area contributed by atoms with Crippen molar-refractivity contribution in [3.8, 4) is 5.82 Å². The van der Waals surface area contributed by atoms with Crippen LogP contribution in [-0.2, 0) is 31.9 Å². The van der Waals surface area contributed by atoms with Gasteiger partial charge in [0, 0.05) is 57.6 Å². The molecule has 2 aromatic heterocycles. The van der Waals surface area contributed by atoms with Gasteiger partial charge in [0.25, 0.3) is 0 Å². The number of anilines is 2. The molecule has 5 nitrogen and oxygen atoms in total. The van der Waals surface area contributed by atoms with Crippen LogP contribution in [0.4, 0.5) is 28.4 Å². The summed E-state index contributed by atoms with van der Waals surface area (Å²) in [6, 6.07) is 38.6. The van der Waals surface area contributed by atoms with Gasteiger partial charge in [-0.3, -0.25) is 0 Å². The first-order valence-corrected chi connectivity index (χ1v) is 16.2. The molecule has 2 bridgehead atoms. The van der Waals surface area contributed by atoms with Crippen molar-refractivity contribution in [2.45, 2.75) is 52.4 Å². The van der Waals surface area contributed by atoms with E-state index < -0.39 is 0 Å². The largest absolute Gasteiger partial charge is 0.391 e. The zero-order valence-electron chi connectivity index (χ0n) is 28.5. The summed E-state index contributed by atoms with van der Waals surface area (Å²) < 4.78 is 3.84. The van der Waals surface area contributed by atoms with E-state index in [-0.39, 0.29) is 31.9 Å². The van der Waals surface area contributed by atoms with Gasteiger partial charge in [-0.15, -0.1) is 29.7 Å². The SMILES string of the molecule is CN(c1[c-]c([N@@+]23[CH-][N@@+](C)(C2)c2cc(C(C)(C)C)ccc23)ccc1)c1[c-]c2c(cc1)c1ccccc1n2-c1cc(C(C)(C)C)ccn1.[Pt]. The predicted octanol–water partition coefficient (Wildman–Crippen LogP) is 9.82. The van der Waals surface area contributed by atoms with E-state index in [2.05, 4.69) is 169 Å². The normalized spacial score (nSPS) is 20.2. The minimum Gasteiger partial charge on any atom is -0.391 e. The maximum Gasteiger partial charge on any atom is 0.179 e. The summed E-state index contributed by atoms with van der Waals surface area (Å²) in [5.74, 6) is 0.913. The van der Waals surface area contributed by atoms with Gasteiger partial charge in [0.15, 0.2) is 18.0 Å². The van der Waals surface area contributed by atoms with Gasteiger partial charge < -0.3 is 18.4 Å². The quantitative estimate of drug-likeness (QED) is 0.131. The van der Waals surface area contributed by atoms with Crippen molar-refractivity contribution >= 4 is 50.2 Å². The van der Waals surface area contributed by atoms with Gasteiger partial charge in [-0.25, -0.2) is 4.98 Å². The van der Waals surface area contributed by atoms with E-state index in [0.717, 1.165) is 43.9 Å². The van der Waals surface area contributed by atoms with E-state index in [1.807, 2.05) is 6.20 Å². The molecule has 0 unspecified atom stereocenters. The van der Waals surface area contributed by atoms with Gasteiger partial charge in [-0.05, 0) is 45.5 Å². The van der Waals surface area contributed by atoms with Gasteiger partial charge in [0.1, 0.15) is 5.82 Å². The van der Waals surface area contributed by atoms with E-state index in [4.69, 9.17) is 4.98 Å². The number of quaternary nitrogens is 2. The Balaban J connectivity index is 0.00000351. The van der Waals surface area contributed by atoms with Crippen LogP contribution in [0.1, 0.15) is 52.7 Å². The van der Waals surface area contributed by atoms with Gasteiger partial charge >= 0.3 is 0 Å². The number of para-hydroxylation sites is 1. The first kappa shape index (κ1) is 31.8. The Hall–Kier alpha value is -3.76. The second kappa shape index (κ2) is 10.6. The third kappa shape index (κ3) is 4.81. The zero-order chi connectivity index (χ0) is 32.2. The average molecular weight is 800 g/mol. The Morgan fingerprint density at radius 3 is 2.21 bits per heavy atom. The van der Waals surface area contributed by atoms with E-state index in [9.17, 15) is 0 Å². The molecule has 1 saturated heterocycles. The Labute approximate surface area is 293 Å². The molecule has 0 radical (unpaired) electrons. The van der Waals surface area contributed by atoms with Gasteiger partial charge in [-0.1, -0.05) is 88.8 Å². The van der Waals surface area contributed by atoms with Crippen molar-refractivity contribution in [3.63, 3.8) is 0 Å². The van der Waals surface area contributed by atoms with Crippen molar-refractivity contribution in [3.05, 3.63) is 121 Å². The van der Waals surface area contributed by atoms with Crippen LogP contribution in [-0.4, -0.2) is 30.3 Å². The number of hydrogen-bond acceptors (Lipinski definition) is 2. The molecule has 6 aromatic rings. The van der Waals surface area contributed by atoms with Crippen molar-refractivity contribution < 1.29 is 21.1 Å². The summed E-state index contributed by atoms with van der Waals surface area (Å²) >= 11 is 0. The van der Waals surface area contributed by atoms with Gasteiger partial charge in [0.05, 0.1) is 13.7 Å². The molecular formula is C41H42N5Pt-. The molecular weight excluding hydrogens is 758 g/mol. The minimum atomic E-state index is 0. The fourth-order valence-electron chi connectivity index (χ4n) is 7.48. The smallest absolute Gasteiger partial charge is 0.179 e. The molecule has 2 atom stereocenters. The first-order valence-electron chi connectivity index (χ1n) is 16.2. The molecule has 0 amide bonds. The fourth-order valence-corrected chi connectivity index (χ4v) is 7.48. The van der Waals surface area contributed by atoms with Crippen molar-refractivity contribution in [1.29, 1.82) is 0 Å². The molecule has 3 aliphatic heterocycles. The van der Waals surface area contributed by atoms with Crippen molar-refractivity contribution in [2.75, 3.05) is 25.7 Å². The number of nitrogens with zero attached hydrogens (tertiary/aromatic N) is 5. The number of aromatic nitrogens is 2. The number of rotatable bonds is 4. The number of benzene rings is 4. The monoisotopic (exact) mass is 799 g/mol. The molecule has 0 N–H and O–H groups in total. The second-order valence-corrected chi connectivity index (χ2v) is 15.4. The van der Waals surface area contributed by atoms with Crippen LogP contribution in [0.25, 0.3) is 27.6 Å². The van der Waals surface area contributed by atoms with Crippen molar-refractivity contribution in [1.82, 2.24) is 18.5 Å². The van der Waals surface area contributed by atoms with Crippen LogP contribution < -0.4 is 13.9 Å². The molecule has 4 aromatic carbocycles. The van der Waals surface area contributed by atoms with Crippen LogP contribution in [0.5, 0.6) is 0 Å². The van der Waals surface area contributed by atoms with Crippen LogP contribution >= 0.6 is 0 Å². The van der Waals surface area contributed by atoms with Crippen LogP contribution in [0.3, 0.4) is 0 Å². The molecule has 5 heterocycles. The van der Waals surface area contributed by atoms with E-state index in [1.54, 1.807) is 0 Å². The Morgan fingerprint density at radius 1 is 0.766 bits per heavy atom. The third-order valence-corrected chi connectivity index (χ3v) is 10.1. The molecule has 1 fully saturated rings. The molecule has 0 spiro atoms. The topological polar surface area (TPSA) is 21.1 Å². The third-order valence-electron chi connectivity index (χ3n) is 10.1. The molecule has 242 valence electrons. The van der Waals surface area contributed by atoms with Gasteiger partial charge in [0.2, 0.25) is 0 Å². The summed E-state index contributed by atoms with van der Waals surface area (Å²) in [5.41, 5.74) is 10.9. The van der Waals surface area contributed by atoms with Crippen molar-refractivity contribution in [2.24, 2.45) is 0 Å². The summed E-state index contributed by atoms with van der Waals surface area (Å²) in [5, 5.41) is 2.37. The minimum absolute atomic E-state index is 0. The fraction of sp³-hybridized carbons (Fsp3) is 0.268. The number of fused-ring (bicyclic) bond motifs is 3. The van der Waals surface area contributed by atoms with Gasteiger partial charge in [-0.2, -0.15) is 12.1 Å². The molecule has 6 heteroatoms. The second-order valence-electron chi connectivity index (χ2n) is 15.4. The van der Waals surface area contributed by atoms with Crippen LogP contribution in [0.15, 0.2) is 91.1 Å². The maximum atomic E-state index is 4.85. The predicted molar refractivity (Wildman–Crippen MR) is 193 cm³/mol. The number of hydrogen-bond donors (Lipinski definition) is 0. The maximum absolute atomic E-state index is 4.85. The Bertz CT molecular complexity index is 2180. The van der Waals surface area contributed by atoms with E-state index >= 15 is 0 Å². The molecule has 0 aliphatic carbocycles. The number of pyridine rings is 1. The Morgan fingerprint density at radius 2 is 1.47 bits per heavy atom. The summed E-state index contributed by atoms with van der Waals surface area (Å²) in [6.07, 6.45) is 1.93. The summed E-state index contributed by atoms with van der Waals surface area (Å²) in [4.78, 5) is 7.06. The van der Waals surface area contributed by atoms with Crippen LogP contribution in [0.2, 0.25) is 0 Å². The first-order chi connectivity index (χ1) is 21.8. The standard InChI is InChI=1S/C41H42N5.Pt/c1-40(2,3)28-16-19-37-38(22-28)45(8)26-46(37,27-45)32-13-11-12-30(24-32)43(7)31-17-18-34-33-14-9-10-15-35(33)44(36(34)25-31)39-23-29(20-21-42-39)41(4,5)6;/h9-23,26H,27H2,1-8H3;/q-1;/t45-,46+;/m0./s1. The zero-order valence-corrected chi connectivity index (χ0v) is 30.8. The Kier molecular flexibility index (Phi) is 7.19. The van der Waals surface area contributed by atoms with Crippen LogP contribution in [0, 0.1) is 18.8 Å². The van der Waals surface area contributed by atoms with E-state index in [0.29, 0.717) is 0 Å². The molecule has 0 saturated carbocycles. The molecule has 3 aliphatic rings.